The van der Waals surface area contributed by atoms with Crippen molar-refractivity contribution in [3.05, 3.63) is 40.1 Å². The van der Waals surface area contributed by atoms with Crippen molar-refractivity contribution in [2.24, 2.45) is 11.8 Å². The number of Topliss-reactive ketones (excluding diaryl/α,β-unsaturated/α-hetero) is 1. The Morgan fingerprint density at radius 2 is 1.76 bits per heavy atom. The van der Waals surface area contributed by atoms with Crippen LogP contribution in [-0.4, -0.2) is 36.9 Å². The molecular weight excluding hydrogens is 370 g/mol. The van der Waals surface area contributed by atoms with E-state index in [1.807, 2.05) is 34.6 Å². The van der Waals surface area contributed by atoms with E-state index in [1.165, 1.54) is 7.05 Å². The van der Waals surface area contributed by atoms with Crippen LogP contribution in [0.3, 0.4) is 0 Å². The number of hydrogen-bond donors (Lipinski definition) is 1. The molecule has 6 nitrogen and oxygen atoms in total. The number of carbonyl (C=O) groups excluding carboxylic acids is 2. The smallest absolute Gasteiger partial charge is 0.412 e. The minimum atomic E-state index is -0.666. The lowest BCUT2D eigenvalue weighted by molar-refractivity contribution is -0.161. The molecule has 6 heteroatoms. The van der Waals surface area contributed by atoms with Gasteiger partial charge in [0, 0.05) is 18.9 Å². The predicted octanol–water partition coefficient (Wildman–Crippen LogP) is 3.81. The van der Waals surface area contributed by atoms with Gasteiger partial charge in [-0.1, -0.05) is 17.7 Å². The molecule has 4 rings (SSSR count). The van der Waals surface area contributed by atoms with Crippen molar-refractivity contribution in [3.63, 3.8) is 0 Å². The number of carbonyl (C=O) groups is 2. The zero-order valence-corrected chi connectivity index (χ0v) is 18.0. The maximum Gasteiger partial charge on any atom is 0.412 e. The van der Waals surface area contributed by atoms with Crippen molar-refractivity contribution in [1.82, 2.24) is 5.32 Å². The molecule has 1 aromatic carbocycles. The van der Waals surface area contributed by atoms with Gasteiger partial charge in [0.15, 0.2) is 11.6 Å². The van der Waals surface area contributed by atoms with Gasteiger partial charge < -0.3 is 19.5 Å². The number of fused-ring (bicyclic) bond motifs is 1. The van der Waals surface area contributed by atoms with E-state index in [-0.39, 0.29) is 17.6 Å². The van der Waals surface area contributed by atoms with Crippen molar-refractivity contribution < 1.29 is 23.8 Å². The Morgan fingerprint density at radius 1 is 1.14 bits per heavy atom. The van der Waals surface area contributed by atoms with Gasteiger partial charge in [-0.25, -0.2) is 4.79 Å². The van der Waals surface area contributed by atoms with Gasteiger partial charge in [0.05, 0.1) is 17.8 Å². The van der Waals surface area contributed by atoms with E-state index in [2.05, 4.69) is 17.4 Å². The summed E-state index contributed by atoms with van der Waals surface area (Å²) < 4.78 is 17.7. The van der Waals surface area contributed by atoms with Crippen LogP contribution >= 0.6 is 0 Å². The highest BCUT2D eigenvalue weighted by atomic mass is 16.8. The fourth-order valence-electron chi connectivity index (χ4n) is 5.40. The molecule has 0 radical (unpaired) electrons. The SMILES string of the molecule is CNC(=O)OC1=C(c2c(C)cc(C)cc2C)C(=O)C2CC3(COC(C)(C)O3)CC12. The second-order valence-corrected chi connectivity index (χ2v) is 9.11. The Hall–Kier alpha value is -2.18. The van der Waals surface area contributed by atoms with E-state index < -0.39 is 17.5 Å². The second kappa shape index (κ2) is 6.67. The molecule has 29 heavy (non-hydrogen) atoms. The number of allylic oxidation sites excluding steroid dienone is 2. The topological polar surface area (TPSA) is 73.9 Å². The molecule has 156 valence electrons. The third kappa shape index (κ3) is 3.28. The summed E-state index contributed by atoms with van der Waals surface area (Å²) in [7, 11) is 1.52. The summed E-state index contributed by atoms with van der Waals surface area (Å²) in [6, 6.07) is 4.12. The summed E-state index contributed by atoms with van der Waals surface area (Å²) in [6.07, 6.45) is 0.624. The van der Waals surface area contributed by atoms with Gasteiger partial charge in [-0.3, -0.25) is 4.79 Å². The first-order valence-electron chi connectivity index (χ1n) is 10.2. The van der Waals surface area contributed by atoms with E-state index in [0.717, 1.165) is 22.3 Å². The van der Waals surface area contributed by atoms with Crippen LogP contribution in [0.25, 0.3) is 5.57 Å². The molecule has 3 atom stereocenters. The van der Waals surface area contributed by atoms with Crippen LogP contribution in [0.2, 0.25) is 0 Å². The fourth-order valence-corrected chi connectivity index (χ4v) is 5.40. The molecule has 1 aromatic rings. The standard InChI is InChI=1S/C23H29NO5/c1-12-7-13(2)17(14(3)8-12)18-19(25)15-9-23(11-27-22(4,5)29-23)10-16(15)20(18)28-21(26)24-6/h7-8,15-16H,9-11H2,1-6H3,(H,24,26). The molecule has 1 heterocycles. The van der Waals surface area contributed by atoms with E-state index in [9.17, 15) is 9.59 Å². The van der Waals surface area contributed by atoms with Crippen molar-refractivity contribution in [2.75, 3.05) is 13.7 Å². The number of ketones is 1. The Morgan fingerprint density at radius 3 is 2.31 bits per heavy atom. The average Bonchev–Trinajstić information content (AvgIpc) is 3.21. The highest BCUT2D eigenvalue weighted by molar-refractivity contribution is 6.26. The molecule has 1 aliphatic heterocycles. The minimum Gasteiger partial charge on any atom is -0.414 e. The lowest BCUT2D eigenvalue weighted by Gasteiger charge is -2.26. The van der Waals surface area contributed by atoms with Crippen molar-refractivity contribution in [1.29, 1.82) is 0 Å². The molecule has 0 aromatic heterocycles. The average molecular weight is 399 g/mol. The van der Waals surface area contributed by atoms with Gasteiger partial charge in [-0.2, -0.15) is 0 Å². The Bertz CT molecular complexity index is 908. The highest BCUT2D eigenvalue weighted by Gasteiger charge is 2.60. The molecule has 2 aliphatic carbocycles. The Kier molecular flexibility index (Phi) is 4.63. The fraction of sp³-hybridized carbons (Fsp3) is 0.565. The first kappa shape index (κ1) is 20.1. The number of nitrogens with one attached hydrogen (secondary N) is 1. The van der Waals surface area contributed by atoms with E-state index in [4.69, 9.17) is 14.2 Å². The molecule has 1 amide bonds. The molecule has 2 fully saturated rings. The Labute approximate surface area is 171 Å². The maximum absolute atomic E-state index is 13.6. The van der Waals surface area contributed by atoms with Gasteiger partial charge in [0.25, 0.3) is 0 Å². The largest absolute Gasteiger partial charge is 0.414 e. The molecule has 1 saturated carbocycles. The van der Waals surface area contributed by atoms with Gasteiger partial charge >= 0.3 is 6.09 Å². The molecule has 1 N–H and O–H groups in total. The summed E-state index contributed by atoms with van der Waals surface area (Å²) in [5.74, 6) is -0.608. The zero-order chi connectivity index (χ0) is 21.1. The monoisotopic (exact) mass is 399 g/mol. The lowest BCUT2D eigenvalue weighted by Crippen LogP contribution is -2.32. The van der Waals surface area contributed by atoms with E-state index in [1.54, 1.807) is 0 Å². The summed E-state index contributed by atoms with van der Waals surface area (Å²) in [5, 5.41) is 2.51. The summed E-state index contributed by atoms with van der Waals surface area (Å²) in [4.78, 5) is 25.7. The summed E-state index contributed by atoms with van der Waals surface area (Å²) in [5.41, 5.74) is 4.09. The number of alkyl carbamates (subject to hydrolysis) is 1. The van der Waals surface area contributed by atoms with Crippen LogP contribution in [0.4, 0.5) is 4.79 Å². The van der Waals surface area contributed by atoms with E-state index >= 15 is 0 Å². The molecule has 3 unspecified atom stereocenters. The minimum absolute atomic E-state index is 0.0362. The van der Waals surface area contributed by atoms with Crippen LogP contribution in [0.5, 0.6) is 0 Å². The third-order valence-electron chi connectivity index (χ3n) is 6.31. The molecule has 1 spiro atoms. The van der Waals surface area contributed by atoms with Crippen LogP contribution < -0.4 is 5.32 Å². The first-order valence-corrected chi connectivity index (χ1v) is 10.2. The van der Waals surface area contributed by atoms with Gasteiger partial charge in [-0.05, 0) is 64.2 Å². The zero-order valence-electron chi connectivity index (χ0n) is 18.0. The van der Waals surface area contributed by atoms with Gasteiger partial charge in [0.2, 0.25) is 0 Å². The molecule has 0 bridgehead atoms. The number of amides is 1. The van der Waals surface area contributed by atoms with Crippen molar-refractivity contribution >= 4 is 17.4 Å². The number of hydrogen-bond acceptors (Lipinski definition) is 5. The number of aryl methyl sites for hydroxylation is 3. The maximum atomic E-state index is 13.6. The lowest BCUT2D eigenvalue weighted by atomic mass is 9.89. The van der Waals surface area contributed by atoms with Crippen molar-refractivity contribution in [3.8, 4) is 0 Å². The van der Waals surface area contributed by atoms with Crippen LogP contribution in [0.1, 0.15) is 48.9 Å². The third-order valence-corrected chi connectivity index (χ3v) is 6.31. The normalized spacial score (nSPS) is 30.2. The van der Waals surface area contributed by atoms with Crippen LogP contribution in [0.15, 0.2) is 17.9 Å². The van der Waals surface area contributed by atoms with Crippen LogP contribution in [0, 0.1) is 32.6 Å². The molecule has 1 saturated heterocycles. The van der Waals surface area contributed by atoms with Gasteiger partial charge in [0.1, 0.15) is 5.76 Å². The number of rotatable bonds is 2. The van der Waals surface area contributed by atoms with Crippen molar-refractivity contribution in [2.45, 2.75) is 58.8 Å². The second-order valence-electron chi connectivity index (χ2n) is 9.11. The summed E-state index contributed by atoms with van der Waals surface area (Å²) in [6.45, 7) is 10.3. The van der Waals surface area contributed by atoms with Gasteiger partial charge in [-0.15, -0.1) is 0 Å². The highest BCUT2D eigenvalue weighted by Crippen LogP contribution is 2.56. The predicted molar refractivity (Wildman–Crippen MR) is 108 cm³/mol. The Balaban J connectivity index is 1.80. The number of ether oxygens (including phenoxy) is 3. The van der Waals surface area contributed by atoms with E-state index in [0.29, 0.717) is 30.8 Å². The van der Waals surface area contributed by atoms with Crippen LogP contribution in [-0.2, 0) is 19.0 Å². The first-order chi connectivity index (χ1) is 13.6. The molecular formula is C23H29NO5. The number of benzene rings is 1. The molecule has 3 aliphatic rings. The summed E-state index contributed by atoms with van der Waals surface area (Å²) >= 11 is 0. The quantitative estimate of drug-likeness (QED) is 0.819.